The Balaban J connectivity index is 1.09. The minimum absolute atomic E-state index is 0.0820. The fraction of sp³-hybridized carbons (Fsp3) is 0.650. The van der Waals surface area contributed by atoms with Crippen molar-refractivity contribution in [2.24, 2.45) is 5.41 Å². The minimum Gasteiger partial charge on any atom is -0.376 e. The second-order valence-electron chi connectivity index (χ2n) is 8.49. The molecule has 0 unspecified atom stereocenters. The van der Waals surface area contributed by atoms with Gasteiger partial charge in [-0.25, -0.2) is 4.98 Å². The number of hydrogen-bond acceptors (Lipinski definition) is 8. The minimum atomic E-state index is -0.109. The highest BCUT2D eigenvalue weighted by Crippen LogP contribution is 2.43. The zero-order chi connectivity index (χ0) is 19.7. The van der Waals surface area contributed by atoms with E-state index in [4.69, 9.17) is 4.74 Å². The molecular formula is C20H26N6O2S. The molecule has 1 N–H and O–H groups in total. The Hall–Kier alpha value is -2.13. The van der Waals surface area contributed by atoms with Crippen LogP contribution in [-0.2, 0) is 4.74 Å². The molecule has 9 heteroatoms. The zero-order valence-corrected chi connectivity index (χ0v) is 17.2. The first-order valence-corrected chi connectivity index (χ1v) is 11.2. The van der Waals surface area contributed by atoms with E-state index in [9.17, 15) is 4.79 Å². The van der Waals surface area contributed by atoms with E-state index < -0.39 is 0 Å². The van der Waals surface area contributed by atoms with Gasteiger partial charge < -0.3 is 15.0 Å². The lowest BCUT2D eigenvalue weighted by Gasteiger charge is -2.45. The topological polar surface area (TPSA) is 93.1 Å². The second kappa shape index (κ2) is 7.95. The number of nitrogens with zero attached hydrogens (tertiary/aromatic N) is 5. The highest BCUT2D eigenvalue weighted by atomic mass is 32.1. The number of aromatic nitrogens is 4. The number of piperidine rings is 1. The number of amides is 1. The Morgan fingerprint density at radius 2 is 2.10 bits per heavy atom. The molecule has 29 heavy (non-hydrogen) atoms. The van der Waals surface area contributed by atoms with Gasteiger partial charge in [0.25, 0.3) is 5.91 Å². The van der Waals surface area contributed by atoms with E-state index in [0.29, 0.717) is 18.2 Å². The van der Waals surface area contributed by atoms with Crippen LogP contribution in [0.4, 0.5) is 5.82 Å². The average Bonchev–Trinajstić information content (AvgIpc) is 3.50. The molecule has 154 valence electrons. The third-order valence-corrected chi connectivity index (χ3v) is 7.37. The smallest absolute Gasteiger partial charge is 0.273 e. The molecule has 3 aliphatic rings. The number of carbonyl (C=O) groups is 1. The number of ether oxygens (including phenoxy) is 1. The lowest BCUT2D eigenvalue weighted by Crippen LogP contribution is -2.47. The molecule has 1 amide bonds. The van der Waals surface area contributed by atoms with Crippen molar-refractivity contribution in [3.63, 3.8) is 0 Å². The van der Waals surface area contributed by atoms with E-state index in [-0.39, 0.29) is 17.4 Å². The van der Waals surface area contributed by atoms with Gasteiger partial charge in [0.05, 0.1) is 23.8 Å². The summed E-state index contributed by atoms with van der Waals surface area (Å²) in [5, 5.41) is 7.06. The number of anilines is 1. The second-order valence-corrected chi connectivity index (χ2v) is 9.28. The first kappa shape index (κ1) is 18.9. The number of nitrogens with one attached hydrogen (secondary N) is 1. The molecule has 4 heterocycles. The summed E-state index contributed by atoms with van der Waals surface area (Å²) in [5.74, 6) is 1.35. The van der Waals surface area contributed by atoms with E-state index >= 15 is 0 Å². The Labute approximate surface area is 174 Å². The van der Waals surface area contributed by atoms with Gasteiger partial charge in [0, 0.05) is 32.0 Å². The van der Waals surface area contributed by atoms with Crippen LogP contribution in [0.2, 0.25) is 0 Å². The number of hydrogen-bond donors (Lipinski definition) is 1. The van der Waals surface area contributed by atoms with E-state index in [1.165, 1.54) is 11.5 Å². The summed E-state index contributed by atoms with van der Waals surface area (Å²) < 4.78 is 10.1. The molecule has 2 aromatic heterocycles. The number of carbonyl (C=O) groups excluding carboxylic acids is 1. The fourth-order valence-electron chi connectivity index (χ4n) is 4.40. The predicted molar refractivity (Wildman–Crippen MR) is 109 cm³/mol. The predicted octanol–water partition coefficient (Wildman–Crippen LogP) is 2.40. The van der Waals surface area contributed by atoms with Crippen molar-refractivity contribution in [3.8, 4) is 0 Å². The summed E-state index contributed by atoms with van der Waals surface area (Å²) in [4.78, 5) is 24.4. The third-order valence-electron chi connectivity index (χ3n) is 6.49. The van der Waals surface area contributed by atoms with Crippen molar-refractivity contribution in [1.29, 1.82) is 0 Å². The summed E-state index contributed by atoms with van der Waals surface area (Å²) in [7, 11) is 0. The molecule has 1 aliphatic carbocycles. The Morgan fingerprint density at radius 1 is 1.24 bits per heavy atom. The van der Waals surface area contributed by atoms with Crippen molar-refractivity contribution in [2.75, 3.05) is 31.1 Å². The van der Waals surface area contributed by atoms with Gasteiger partial charge in [-0.2, -0.15) is 0 Å². The summed E-state index contributed by atoms with van der Waals surface area (Å²) in [6, 6.07) is 0. The molecule has 2 aliphatic heterocycles. The van der Waals surface area contributed by atoms with Gasteiger partial charge in [-0.15, -0.1) is 5.10 Å². The van der Waals surface area contributed by atoms with Gasteiger partial charge >= 0.3 is 0 Å². The van der Waals surface area contributed by atoms with Crippen LogP contribution < -0.4 is 10.2 Å². The molecule has 5 rings (SSSR count). The molecule has 2 saturated heterocycles. The fourth-order valence-corrected chi connectivity index (χ4v) is 5.21. The van der Waals surface area contributed by atoms with Crippen LogP contribution in [0.3, 0.4) is 0 Å². The highest BCUT2D eigenvalue weighted by Gasteiger charge is 2.39. The van der Waals surface area contributed by atoms with Crippen LogP contribution in [0.15, 0.2) is 18.6 Å². The zero-order valence-electron chi connectivity index (χ0n) is 16.4. The molecule has 0 bridgehead atoms. The maximum atomic E-state index is 12.5. The lowest BCUT2D eigenvalue weighted by molar-refractivity contribution is -0.0700. The van der Waals surface area contributed by atoms with Crippen LogP contribution in [0.25, 0.3) is 0 Å². The third kappa shape index (κ3) is 4.11. The molecule has 0 aromatic carbocycles. The van der Waals surface area contributed by atoms with Gasteiger partial charge in [0.15, 0.2) is 5.69 Å². The maximum Gasteiger partial charge on any atom is 0.273 e. The molecule has 1 atom stereocenters. The van der Waals surface area contributed by atoms with Crippen molar-refractivity contribution in [1.82, 2.24) is 24.9 Å². The Kier molecular flexibility index (Phi) is 5.17. The van der Waals surface area contributed by atoms with E-state index in [1.54, 1.807) is 12.4 Å². The summed E-state index contributed by atoms with van der Waals surface area (Å²) in [6.07, 6.45) is 12.0. The molecular weight excluding hydrogens is 388 g/mol. The average molecular weight is 415 g/mol. The summed E-state index contributed by atoms with van der Waals surface area (Å²) >= 11 is 1.36. The Morgan fingerprint density at radius 3 is 2.79 bits per heavy atom. The highest BCUT2D eigenvalue weighted by molar-refractivity contribution is 7.06. The van der Waals surface area contributed by atoms with Gasteiger partial charge in [-0.3, -0.25) is 9.78 Å². The monoisotopic (exact) mass is 414 g/mol. The van der Waals surface area contributed by atoms with Crippen LogP contribution in [0.1, 0.15) is 59.8 Å². The normalized spacial score (nSPS) is 23.9. The van der Waals surface area contributed by atoms with Gasteiger partial charge in [0.1, 0.15) is 5.82 Å². The van der Waals surface area contributed by atoms with Crippen LogP contribution >= 0.6 is 11.5 Å². The standard InChI is InChI=1S/C20H26N6O2S/c27-19(17-18(14-1-2-14)29-25-24-17)23-11-15-3-4-20(13-28-15)5-9-26(10-6-20)16-12-21-7-8-22-16/h7-8,12,14-15H,1-6,9-11,13H2,(H,23,27)/t15-/m1/s1. The molecule has 1 saturated carbocycles. The Bertz CT molecular complexity index is 838. The van der Waals surface area contributed by atoms with Crippen LogP contribution in [-0.4, -0.2) is 57.8 Å². The van der Waals surface area contributed by atoms with E-state index in [1.807, 2.05) is 6.20 Å². The lowest BCUT2D eigenvalue weighted by atomic mass is 9.73. The van der Waals surface area contributed by atoms with Crippen molar-refractivity contribution in [3.05, 3.63) is 29.2 Å². The van der Waals surface area contributed by atoms with Gasteiger partial charge in [-0.05, 0) is 61.4 Å². The van der Waals surface area contributed by atoms with Crippen molar-refractivity contribution >= 4 is 23.3 Å². The SMILES string of the molecule is O=C(NC[C@H]1CCC2(CCN(c3cnccn3)CC2)CO1)c1nnsc1C1CC1. The quantitative estimate of drug-likeness (QED) is 0.803. The van der Waals surface area contributed by atoms with Crippen molar-refractivity contribution in [2.45, 2.75) is 50.5 Å². The first-order chi connectivity index (χ1) is 14.2. The molecule has 2 aromatic rings. The van der Waals surface area contributed by atoms with Crippen molar-refractivity contribution < 1.29 is 9.53 Å². The van der Waals surface area contributed by atoms with E-state index in [0.717, 1.165) is 68.9 Å². The van der Waals surface area contributed by atoms with E-state index in [2.05, 4.69) is 29.8 Å². The largest absolute Gasteiger partial charge is 0.376 e. The summed E-state index contributed by atoms with van der Waals surface area (Å²) in [6.45, 7) is 3.30. The first-order valence-electron chi connectivity index (χ1n) is 10.5. The molecule has 1 spiro atoms. The van der Waals surface area contributed by atoms with Crippen LogP contribution in [0, 0.1) is 5.41 Å². The van der Waals surface area contributed by atoms with Gasteiger partial charge in [0.2, 0.25) is 0 Å². The maximum absolute atomic E-state index is 12.5. The van der Waals surface area contributed by atoms with Crippen LogP contribution in [0.5, 0.6) is 0 Å². The number of rotatable bonds is 5. The summed E-state index contributed by atoms with van der Waals surface area (Å²) in [5.41, 5.74) is 0.776. The molecule has 0 radical (unpaired) electrons. The molecule has 8 nitrogen and oxygen atoms in total. The molecule has 3 fully saturated rings. The van der Waals surface area contributed by atoms with Gasteiger partial charge in [-0.1, -0.05) is 4.49 Å².